The first-order valence-electron chi connectivity index (χ1n) is 10.8. The Bertz CT molecular complexity index is 1420. The van der Waals surface area contributed by atoms with Crippen molar-refractivity contribution in [2.75, 3.05) is 11.9 Å². The number of ether oxygens (including phenoxy) is 2. The fraction of sp³-hybridized carbons (Fsp3) is 0.0769. The first kappa shape index (κ1) is 21.1. The molecule has 168 valence electrons. The number of hydrogen-bond acceptors (Lipinski definition) is 6. The number of nitrogens with one attached hydrogen (secondary N) is 1. The van der Waals surface area contributed by atoms with E-state index in [0.29, 0.717) is 41.1 Å². The van der Waals surface area contributed by atoms with E-state index in [1.807, 2.05) is 49.4 Å². The molecule has 0 fully saturated rings. The highest BCUT2D eigenvalue weighted by molar-refractivity contribution is 6.15. The van der Waals surface area contributed by atoms with Gasteiger partial charge in [0.25, 0.3) is 5.91 Å². The number of hydrogen-bond donors (Lipinski definition) is 1. The lowest BCUT2D eigenvalue weighted by molar-refractivity contribution is 0.102. The van der Waals surface area contributed by atoms with Crippen LogP contribution in [0.3, 0.4) is 0 Å². The summed E-state index contributed by atoms with van der Waals surface area (Å²) in [7, 11) is 0. The average Bonchev–Trinajstić information content (AvgIpc) is 3.41. The molecule has 8 heteroatoms. The van der Waals surface area contributed by atoms with Gasteiger partial charge in [0.1, 0.15) is 11.5 Å². The summed E-state index contributed by atoms with van der Waals surface area (Å²) in [4.78, 5) is 13.2. The molecule has 5 rings (SSSR count). The van der Waals surface area contributed by atoms with E-state index in [2.05, 4.69) is 20.6 Å². The van der Waals surface area contributed by atoms with Crippen molar-refractivity contribution < 1.29 is 14.3 Å². The topological polar surface area (TPSA) is 91.2 Å². The molecule has 34 heavy (non-hydrogen) atoms. The quantitative estimate of drug-likeness (QED) is 0.363. The molecule has 2 aromatic heterocycles. The molecule has 8 nitrogen and oxygen atoms in total. The fourth-order valence-corrected chi connectivity index (χ4v) is 3.58. The summed E-state index contributed by atoms with van der Waals surface area (Å²) < 4.78 is 13.1. The second-order valence-corrected chi connectivity index (χ2v) is 7.35. The molecule has 0 unspecified atom stereocenters. The molecule has 0 aliphatic carbocycles. The molecule has 0 aliphatic heterocycles. The number of carbonyl (C=O) groups excluding carboxylic acids is 1. The van der Waals surface area contributed by atoms with Crippen LogP contribution in [0.1, 0.15) is 17.3 Å². The van der Waals surface area contributed by atoms with Crippen LogP contribution in [0, 0.1) is 0 Å². The smallest absolute Gasteiger partial charge is 0.260 e. The molecule has 1 amide bonds. The highest BCUT2D eigenvalue weighted by atomic mass is 16.5. The molecular weight excluding hydrogens is 430 g/mol. The van der Waals surface area contributed by atoms with Gasteiger partial charge in [-0.2, -0.15) is 5.10 Å². The van der Waals surface area contributed by atoms with Crippen LogP contribution in [0.4, 0.5) is 5.69 Å². The van der Waals surface area contributed by atoms with Crippen molar-refractivity contribution in [1.82, 2.24) is 20.0 Å². The average molecular weight is 451 g/mol. The third kappa shape index (κ3) is 4.42. The van der Waals surface area contributed by atoms with E-state index in [9.17, 15) is 4.79 Å². The highest BCUT2D eigenvalue weighted by Crippen LogP contribution is 2.29. The molecule has 0 aliphatic rings. The van der Waals surface area contributed by atoms with Crippen LogP contribution in [0.5, 0.6) is 17.4 Å². The van der Waals surface area contributed by atoms with Gasteiger partial charge < -0.3 is 14.8 Å². The van der Waals surface area contributed by atoms with E-state index < -0.39 is 0 Å². The lowest BCUT2D eigenvalue weighted by atomic mass is 10.0. The fourth-order valence-electron chi connectivity index (χ4n) is 3.58. The Labute approximate surface area is 195 Å². The molecule has 0 saturated carbocycles. The van der Waals surface area contributed by atoms with E-state index in [1.54, 1.807) is 53.5 Å². The summed E-state index contributed by atoms with van der Waals surface area (Å²) >= 11 is 0. The number of anilines is 1. The first-order chi connectivity index (χ1) is 16.7. The van der Waals surface area contributed by atoms with Crippen molar-refractivity contribution in [3.05, 3.63) is 96.8 Å². The third-order valence-electron chi connectivity index (χ3n) is 5.12. The van der Waals surface area contributed by atoms with Gasteiger partial charge in [0, 0.05) is 24.1 Å². The van der Waals surface area contributed by atoms with Gasteiger partial charge in [0.05, 0.1) is 12.2 Å². The minimum Gasteiger partial charge on any atom is -0.493 e. The lowest BCUT2D eigenvalue weighted by Crippen LogP contribution is -2.14. The number of carbonyl (C=O) groups is 1. The molecule has 0 saturated heterocycles. The predicted molar refractivity (Wildman–Crippen MR) is 129 cm³/mol. The van der Waals surface area contributed by atoms with Crippen LogP contribution in [0.25, 0.3) is 16.6 Å². The van der Waals surface area contributed by atoms with E-state index in [0.717, 1.165) is 10.8 Å². The van der Waals surface area contributed by atoms with E-state index in [1.165, 1.54) is 0 Å². The van der Waals surface area contributed by atoms with Gasteiger partial charge in [0.2, 0.25) is 5.88 Å². The lowest BCUT2D eigenvalue weighted by Gasteiger charge is -2.14. The summed E-state index contributed by atoms with van der Waals surface area (Å²) in [6.07, 6.45) is 3.46. The third-order valence-corrected chi connectivity index (χ3v) is 5.12. The normalized spacial score (nSPS) is 10.7. The summed E-state index contributed by atoms with van der Waals surface area (Å²) in [6, 6.07) is 23.9. The molecule has 0 bridgehead atoms. The van der Waals surface area contributed by atoms with Crippen molar-refractivity contribution >= 4 is 22.4 Å². The number of benzene rings is 3. The van der Waals surface area contributed by atoms with Crippen molar-refractivity contribution in [2.45, 2.75) is 6.92 Å². The molecule has 0 atom stereocenters. The van der Waals surface area contributed by atoms with Gasteiger partial charge in [-0.25, -0.2) is 4.68 Å². The largest absolute Gasteiger partial charge is 0.493 e. The first-order valence-corrected chi connectivity index (χ1v) is 10.8. The summed E-state index contributed by atoms with van der Waals surface area (Å²) in [6.45, 7) is 2.36. The molecule has 1 N–H and O–H groups in total. The van der Waals surface area contributed by atoms with Gasteiger partial charge in [-0.15, -0.1) is 10.2 Å². The van der Waals surface area contributed by atoms with Gasteiger partial charge in [-0.05, 0) is 60.2 Å². The zero-order chi connectivity index (χ0) is 23.3. The number of nitrogens with zero attached hydrogens (tertiary/aromatic N) is 4. The zero-order valence-corrected chi connectivity index (χ0v) is 18.4. The van der Waals surface area contributed by atoms with Crippen molar-refractivity contribution in [2.24, 2.45) is 0 Å². The molecule has 5 aromatic rings. The highest BCUT2D eigenvalue weighted by Gasteiger charge is 2.17. The van der Waals surface area contributed by atoms with Crippen LogP contribution in [-0.2, 0) is 0 Å². The second kappa shape index (κ2) is 9.41. The van der Waals surface area contributed by atoms with E-state index >= 15 is 0 Å². The van der Waals surface area contributed by atoms with E-state index in [-0.39, 0.29) is 5.91 Å². The maximum Gasteiger partial charge on any atom is 0.260 e. The predicted octanol–water partition coefficient (Wildman–Crippen LogP) is 5.26. The zero-order valence-electron chi connectivity index (χ0n) is 18.4. The maximum absolute atomic E-state index is 13.2. The van der Waals surface area contributed by atoms with Crippen molar-refractivity contribution in [3.8, 4) is 23.2 Å². The van der Waals surface area contributed by atoms with Gasteiger partial charge in [-0.3, -0.25) is 4.79 Å². The SMILES string of the molecule is CCOc1ccc2ccccc2c1C(=O)Nc1ccc(Oc2ccc(-n3cccn3)nn2)cc1. The van der Waals surface area contributed by atoms with E-state index in [4.69, 9.17) is 9.47 Å². The standard InChI is InChI=1S/C26H21N5O3/c1-2-33-22-13-8-18-6-3-4-7-21(18)25(22)26(32)28-19-9-11-20(12-10-19)34-24-15-14-23(29-30-24)31-17-5-16-27-31/h3-17H,2H2,1H3,(H,28,32). The summed E-state index contributed by atoms with van der Waals surface area (Å²) in [5.41, 5.74) is 1.14. The van der Waals surface area contributed by atoms with Gasteiger partial charge in [0.15, 0.2) is 5.82 Å². The monoisotopic (exact) mass is 451 g/mol. The van der Waals surface area contributed by atoms with Gasteiger partial charge in [-0.1, -0.05) is 30.3 Å². The van der Waals surface area contributed by atoms with Crippen LogP contribution in [0.15, 0.2) is 91.3 Å². The van der Waals surface area contributed by atoms with Crippen LogP contribution in [0.2, 0.25) is 0 Å². The van der Waals surface area contributed by atoms with Crippen molar-refractivity contribution in [1.29, 1.82) is 0 Å². The second-order valence-electron chi connectivity index (χ2n) is 7.35. The Kier molecular flexibility index (Phi) is 5.85. The molecular formula is C26H21N5O3. The Morgan fingerprint density at radius 2 is 1.79 bits per heavy atom. The Balaban J connectivity index is 1.31. The minimum atomic E-state index is -0.242. The minimum absolute atomic E-state index is 0.242. The van der Waals surface area contributed by atoms with Crippen LogP contribution >= 0.6 is 0 Å². The molecule has 3 aromatic carbocycles. The van der Waals surface area contributed by atoms with Crippen LogP contribution in [-0.4, -0.2) is 32.5 Å². The summed E-state index contributed by atoms with van der Waals surface area (Å²) in [5.74, 6) is 1.82. The van der Waals surface area contributed by atoms with Crippen molar-refractivity contribution in [3.63, 3.8) is 0 Å². The molecule has 0 radical (unpaired) electrons. The number of fused-ring (bicyclic) bond motifs is 1. The molecule has 0 spiro atoms. The molecule has 2 heterocycles. The number of aromatic nitrogens is 4. The Morgan fingerprint density at radius 3 is 2.53 bits per heavy atom. The maximum atomic E-state index is 13.2. The number of rotatable bonds is 7. The van der Waals surface area contributed by atoms with Crippen LogP contribution < -0.4 is 14.8 Å². The number of amides is 1. The Hall–Kier alpha value is -4.72. The summed E-state index contributed by atoms with van der Waals surface area (Å²) in [5, 5.41) is 17.1. The van der Waals surface area contributed by atoms with Gasteiger partial charge >= 0.3 is 0 Å². The Morgan fingerprint density at radius 1 is 0.941 bits per heavy atom.